The maximum atomic E-state index is 14.4. The molecule has 2 rings (SSSR count). The molecule has 0 saturated carbocycles. The van der Waals surface area contributed by atoms with Gasteiger partial charge >= 0.3 is 0 Å². The van der Waals surface area contributed by atoms with E-state index in [-0.39, 0.29) is 15.9 Å². The summed E-state index contributed by atoms with van der Waals surface area (Å²) in [6, 6.07) is 11.5. The minimum absolute atomic E-state index is 0.0280. The van der Waals surface area contributed by atoms with Crippen LogP contribution < -0.4 is 0 Å². The molecule has 1 aromatic heterocycles. The summed E-state index contributed by atoms with van der Waals surface area (Å²) in [4.78, 5) is 6.30. The predicted octanol–water partition coefficient (Wildman–Crippen LogP) is 8.18. The fraction of sp³-hybridized carbons (Fsp3) is 0.160. The van der Waals surface area contributed by atoms with Crippen LogP contribution in [0, 0.1) is 16.6 Å². The molecular weight excluding hydrogens is 568 g/mol. The maximum absolute atomic E-state index is 14.4. The van der Waals surface area contributed by atoms with Crippen molar-refractivity contribution in [2.75, 3.05) is 4.93 Å². The van der Waals surface area contributed by atoms with Gasteiger partial charge in [0.1, 0.15) is 10.4 Å². The minimum atomic E-state index is -0.496. The van der Waals surface area contributed by atoms with Gasteiger partial charge in [-0.25, -0.2) is 4.39 Å². The van der Waals surface area contributed by atoms with Crippen LogP contribution in [-0.2, 0) is 0 Å². The molecule has 0 amide bonds. The van der Waals surface area contributed by atoms with Crippen molar-refractivity contribution in [3.05, 3.63) is 108 Å². The van der Waals surface area contributed by atoms with E-state index in [0.717, 1.165) is 0 Å². The summed E-state index contributed by atoms with van der Waals surface area (Å²) in [6.45, 7) is 9.50. The van der Waals surface area contributed by atoms with Gasteiger partial charge in [-0.3, -0.25) is 15.8 Å². The van der Waals surface area contributed by atoms with E-state index in [1.54, 1.807) is 60.8 Å². The van der Waals surface area contributed by atoms with Crippen LogP contribution in [0.15, 0.2) is 90.7 Å². The fourth-order valence-electron chi connectivity index (χ4n) is 2.57. The van der Waals surface area contributed by atoms with Crippen molar-refractivity contribution in [3.63, 3.8) is 0 Å². The zero-order valence-electron chi connectivity index (χ0n) is 18.2. The van der Waals surface area contributed by atoms with E-state index in [1.807, 2.05) is 31.8 Å². The van der Waals surface area contributed by atoms with E-state index < -0.39 is 5.82 Å². The number of rotatable bonds is 7. The Balaban J connectivity index is 0.00000212. The fourth-order valence-corrected chi connectivity index (χ4v) is 2.97. The lowest BCUT2D eigenvalue weighted by Crippen LogP contribution is -2.13. The molecule has 6 heteroatoms. The molecule has 0 spiro atoms. The quantitative estimate of drug-likeness (QED) is 0.144. The number of benzene rings is 1. The van der Waals surface area contributed by atoms with Crippen molar-refractivity contribution >= 4 is 54.4 Å². The highest BCUT2D eigenvalue weighted by atomic mass is 127. The molecule has 0 fully saturated rings. The lowest BCUT2D eigenvalue weighted by molar-refractivity contribution is 0.625. The number of nitrogens with one attached hydrogen (secondary N) is 2. The molecule has 0 saturated heterocycles. The first-order valence-corrected chi connectivity index (χ1v) is 12.5. The SMILES string of the molecule is C=C\C=C/C(=C\C)C(/C(=N)c1ccccc1F)=C(/C(=N)Br)c1ccccn1.CC.CI. The lowest BCUT2D eigenvalue weighted by atomic mass is 9.89. The number of nitrogens with zero attached hydrogens (tertiary/aromatic N) is 1. The van der Waals surface area contributed by atoms with Gasteiger partial charge in [0.25, 0.3) is 0 Å². The number of hydrogen-bond acceptors (Lipinski definition) is 3. The van der Waals surface area contributed by atoms with Crippen LogP contribution in [-0.4, -0.2) is 20.2 Å². The highest BCUT2D eigenvalue weighted by Crippen LogP contribution is 2.30. The second kappa shape index (κ2) is 16.5. The molecule has 0 aliphatic carbocycles. The van der Waals surface area contributed by atoms with Gasteiger partial charge in [0.15, 0.2) is 0 Å². The summed E-state index contributed by atoms with van der Waals surface area (Å²) in [5, 5.41) is 17.0. The molecule has 2 aromatic rings. The van der Waals surface area contributed by atoms with E-state index >= 15 is 0 Å². The highest BCUT2D eigenvalue weighted by Gasteiger charge is 2.22. The number of allylic oxidation sites excluding steroid dienone is 7. The van der Waals surface area contributed by atoms with Gasteiger partial charge < -0.3 is 0 Å². The van der Waals surface area contributed by atoms with Crippen molar-refractivity contribution in [1.82, 2.24) is 4.98 Å². The van der Waals surface area contributed by atoms with Crippen LogP contribution in [0.1, 0.15) is 32.0 Å². The Morgan fingerprint density at radius 2 is 1.71 bits per heavy atom. The summed E-state index contributed by atoms with van der Waals surface area (Å²) < 4.78 is 14.4. The van der Waals surface area contributed by atoms with E-state index in [2.05, 4.69) is 50.1 Å². The first-order chi connectivity index (χ1) is 15.0. The third-order valence-corrected chi connectivity index (χ3v) is 4.19. The molecule has 2 N–H and O–H groups in total. The molecule has 0 aliphatic rings. The van der Waals surface area contributed by atoms with Crippen LogP contribution in [0.5, 0.6) is 0 Å². The van der Waals surface area contributed by atoms with Crippen molar-refractivity contribution in [2.24, 2.45) is 0 Å². The first kappa shape index (κ1) is 28.8. The smallest absolute Gasteiger partial charge is 0.132 e. The van der Waals surface area contributed by atoms with Gasteiger partial charge in [0.2, 0.25) is 0 Å². The van der Waals surface area contributed by atoms with Crippen LogP contribution >= 0.6 is 38.5 Å². The van der Waals surface area contributed by atoms with Crippen molar-refractivity contribution in [1.29, 1.82) is 10.8 Å². The summed E-state index contributed by atoms with van der Waals surface area (Å²) in [6.07, 6.45) is 8.55. The van der Waals surface area contributed by atoms with Crippen molar-refractivity contribution in [2.45, 2.75) is 20.8 Å². The zero-order chi connectivity index (χ0) is 23.8. The van der Waals surface area contributed by atoms with E-state index in [0.29, 0.717) is 22.4 Å². The molecule has 164 valence electrons. The number of alkyl halides is 1. The van der Waals surface area contributed by atoms with Gasteiger partial charge in [0.05, 0.1) is 11.4 Å². The topological polar surface area (TPSA) is 60.6 Å². The van der Waals surface area contributed by atoms with Crippen molar-refractivity contribution < 1.29 is 4.39 Å². The van der Waals surface area contributed by atoms with Crippen molar-refractivity contribution in [3.8, 4) is 0 Å². The second-order valence-corrected chi connectivity index (χ2v) is 6.27. The molecule has 0 atom stereocenters. The van der Waals surface area contributed by atoms with E-state index in [4.69, 9.17) is 10.8 Å². The van der Waals surface area contributed by atoms with E-state index in [1.165, 1.54) is 6.07 Å². The van der Waals surface area contributed by atoms with E-state index in [9.17, 15) is 4.39 Å². The van der Waals surface area contributed by atoms with Gasteiger partial charge in [0, 0.05) is 22.9 Å². The number of aromatic nitrogens is 1. The Kier molecular flexibility index (Phi) is 15.3. The monoisotopic (exact) mass is 595 g/mol. The molecule has 1 aromatic carbocycles. The third-order valence-electron chi connectivity index (χ3n) is 3.80. The molecular formula is C25H28BrFIN3. The van der Waals surface area contributed by atoms with Gasteiger partial charge in [-0.2, -0.15) is 0 Å². The number of halogens is 3. The Bertz CT molecular complexity index is 964. The summed E-state index contributed by atoms with van der Waals surface area (Å²) in [5.41, 5.74) is 2.11. The number of pyridine rings is 1. The Morgan fingerprint density at radius 1 is 1.10 bits per heavy atom. The average molecular weight is 596 g/mol. The molecule has 3 nitrogen and oxygen atoms in total. The summed E-state index contributed by atoms with van der Waals surface area (Å²) >= 11 is 5.38. The summed E-state index contributed by atoms with van der Waals surface area (Å²) in [7, 11) is 0. The van der Waals surface area contributed by atoms with Crippen LogP contribution in [0.25, 0.3) is 5.57 Å². The second-order valence-electron chi connectivity index (χ2n) is 5.47. The Morgan fingerprint density at radius 3 is 2.19 bits per heavy atom. The van der Waals surface area contributed by atoms with Crippen LogP contribution in [0.4, 0.5) is 4.39 Å². The Hall–Kier alpha value is -2.19. The largest absolute Gasteiger partial charge is 0.299 e. The molecule has 0 bridgehead atoms. The molecule has 0 unspecified atom stereocenters. The number of hydrogen-bond donors (Lipinski definition) is 2. The van der Waals surface area contributed by atoms with Gasteiger partial charge in [-0.15, -0.1) is 0 Å². The third kappa shape index (κ3) is 8.45. The first-order valence-electron chi connectivity index (χ1n) is 9.58. The normalized spacial score (nSPS) is 11.4. The average Bonchev–Trinajstić information content (AvgIpc) is 2.81. The zero-order valence-corrected chi connectivity index (χ0v) is 22.0. The molecule has 0 aliphatic heterocycles. The minimum Gasteiger partial charge on any atom is -0.299 e. The standard InChI is InChI=1S/C22H19BrFN3.C2H6.CH3I/c1-3-5-10-15(4-2)19(21(25)16-11-6-7-12-17(16)24)20(22(23)26)18-13-8-9-14-27-18;2*1-2/h3-14,25-26H,1H2,2H3;1-2H3;1H3/b10-5-,15-4+,20-19-,25-21?,26-22?;;. The molecule has 31 heavy (non-hydrogen) atoms. The molecule has 0 radical (unpaired) electrons. The lowest BCUT2D eigenvalue weighted by Gasteiger charge is -2.17. The van der Waals surface area contributed by atoms with Crippen LogP contribution in [0.2, 0.25) is 0 Å². The van der Waals surface area contributed by atoms with Gasteiger partial charge in [-0.1, -0.05) is 85.5 Å². The maximum Gasteiger partial charge on any atom is 0.132 e. The molecule has 1 heterocycles. The van der Waals surface area contributed by atoms with Crippen LogP contribution in [0.3, 0.4) is 0 Å². The summed E-state index contributed by atoms with van der Waals surface area (Å²) in [5.74, 6) is -0.496. The predicted molar refractivity (Wildman–Crippen MR) is 145 cm³/mol. The van der Waals surface area contributed by atoms with Gasteiger partial charge in [-0.05, 0) is 57.6 Å². The highest BCUT2D eigenvalue weighted by molar-refractivity contribution is 14.1. The Labute approximate surface area is 207 Å².